The summed E-state index contributed by atoms with van der Waals surface area (Å²) in [6, 6.07) is 0. The number of aliphatic hydroxyl groups excluding tert-OH is 1. The minimum atomic E-state index is -4.10. The lowest BCUT2D eigenvalue weighted by Crippen LogP contribution is -2.31. The quantitative estimate of drug-likeness (QED) is 0.654. The second-order valence-electron chi connectivity index (χ2n) is 3.49. The summed E-state index contributed by atoms with van der Waals surface area (Å²) >= 11 is 0. The highest BCUT2D eigenvalue weighted by Crippen LogP contribution is 2.15. The Morgan fingerprint density at radius 2 is 1.64 bits per heavy atom. The summed E-state index contributed by atoms with van der Waals surface area (Å²) in [7, 11) is 1.47. The van der Waals surface area contributed by atoms with Gasteiger partial charge in [0.15, 0.2) is 0 Å². The Balaban J connectivity index is 3.31. The molecule has 5 heteroatoms. The van der Waals surface area contributed by atoms with Crippen molar-refractivity contribution in [3.63, 3.8) is 0 Å². The van der Waals surface area contributed by atoms with E-state index in [2.05, 4.69) is 0 Å². The van der Waals surface area contributed by atoms with Gasteiger partial charge in [-0.3, -0.25) is 4.90 Å². The van der Waals surface area contributed by atoms with Gasteiger partial charge < -0.3 is 5.11 Å². The molecule has 0 amide bonds. The minimum Gasteiger partial charge on any atom is -0.396 e. The Morgan fingerprint density at radius 1 is 1.07 bits per heavy atom. The van der Waals surface area contributed by atoms with Crippen molar-refractivity contribution in [1.29, 1.82) is 0 Å². The van der Waals surface area contributed by atoms with Gasteiger partial charge in [0.25, 0.3) is 0 Å². The van der Waals surface area contributed by atoms with Crippen molar-refractivity contribution >= 4 is 0 Å². The highest BCUT2D eigenvalue weighted by atomic mass is 19.4. The van der Waals surface area contributed by atoms with Crippen LogP contribution in [0.15, 0.2) is 0 Å². The predicted molar refractivity (Wildman–Crippen MR) is 49.1 cm³/mol. The fraction of sp³-hybridized carbons (Fsp3) is 1.00. The average molecular weight is 213 g/mol. The first kappa shape index (κ1) is 13.7. The van der Waals surface area contributed by atoms with Crippen LogP contribution in [0.3, 0.4) is 0 Å². The van der Waals surface area contributed by atoms with Crippen LogP contribution in [-0.4, -0.2) is 42.9 Å². The first-order valence-corrected chi connectivity index (χ1v) is 4.82. The Morgan fingerprint density at radius 3 is 2.14 bits per heavy atom. The maximum Gasteiger partial charge on any atom is 0.401 e. The topological polar surface area (TPSA) is 23.5 Å². The molecule has 0 unspecified atom stereocenters. The molecule has 86 valence electrons. The SMILES string of the molecule is CN(CCCCCCO)CC(F)(F)F. The van der Waals surface area contributed by atoms with Gasteiger partial charge in [0.05, 0.1) is 6.54 Å². The largest absolute Gasteiger partial charge is 0.401 e. The molecule has 14 heavy (non-hydrogen) atoms. The standard InChI is InChI=1S/C9H18F3NO/c1-13(8-9(10,11)12)6-4-2-3-5-7-14/h14H,2-8H2,1H3. The second kappa shape index (κ2) is 7.06. The van der Waals surface area contributed by atoms with Crippen molar-refractivity contribution in [1.82, 2.24) is 4.90 Å². The molecule has 0 aliphatic carbocycles. The molecule has 2 nitrogen and oxygen atoms in total. The Labute approximate surface area is 82.7 Å². The molecule has 0 radical (unpaired) electrons. The molecular weight excluding hydrogens is 195 g/mol. The average Bonchev–Trinajstić information content (AvgIpc) is 2.00. The summed E-state index contributed by atoms with van der Waals surface area (Å²) in [5.74, 6) is 0. The van der Waals surface area contributed by atoms with Crippen molar-refractivity contribution in [3.05, 3.63) is 0 Å². The summed E-state index contributed by atoms with van der Waals surface area (Å²) < 4.78 is 35.6. The number of hydrogen-bond acceptors (Lipinski definition) is 2. The maximum absolute atomic E-state index is 11.9. The van der Waals surface area contributed by atoms with Crippen LogP contribution in [0.2, 0.25) is 0 Å². The Kier molecular flexibility index (Phi) is 6.92. The van der Waals surface area contributed by atoms with E-state index in [-0.39, 0.29) is 6.61 Å². The Bertz CT molecular complexity index is 139. The van der Waals surface area contributed by atoms with E-state index in [1.54, 1.807) is 0 Å². The normalized spacial score (nSPS) is 12.4. The van der Waals surface area contributed by atoms with Crippen LogP contribution in [0, 0.1) is 0 Å². The van der Waals surface area contributed by atoms with Crippen LogP contribution in [-0.2, 0) is 0 Å². The molecule has 0 saturated heterocycles. The zero-order chi connectivity index (χ0) is 11.0. The van der Waals surface area contributed by atoms with E-state index in [0.29, 0.717) is 6.54 Å². The molecule has 0 aromatic carbocycles. The van der Waals surface area contributed by atoms with Crippen molar-refractivity contribution in [3.8, 4) is 0 Å². The monoisotopic (exact) mass is 213 g/mol. The number of hydrogen-bond donors (Lipinski definition) is 1. The smallest absolute Gasteiger partial charge is 0.396 e. The molecule has 0 aliphatic rings. The number of rotatable bonds is 7. The van der Waals surface area contributed by atoms with Crippen molar-refractivity contribution in [2.45, 2.75) is 31.9 Å². The molecule has 0 aliphatic heterocycles. The maximum atomic E-state index is 11.9. The van der Waals surface area contributed by atoms with E-state index < -0.39 is 12.7 Å². The lowest BCUT2D eigenvalue weighted by molar-refractivity contribution is -0.143. The minimum absolute atomic E-state index is 0.165. The molecule has 0 rings (SSSR count). The van der Waals surface area contributed by atoms with E-state index in [4.69, 9.17) is 5.11 Å². The fourth-order valence-corrected chi connectivity index (χ4v) is 1.23. The predicted octanol–water partition coefficient (Wildman–Crippen LogP) is 2.03. The molecular formula is C9H18F3NO. The molecule has 0 aromatic heterocycles. The van der Waals surface area contributed by atoms with E-state index >= 15 is 0 Å². The molecule has 0 bridgehead atoms. The first-order chi connectivity index (χ1) is 6.45. The summed E-state index contributed by atoms with van der Waals surface area (Å²) in [5.41, 5.74) is 0. The summed E-state index contributed by atoms with van der Waals surface area (Å²) in [5, 5.41) is 8.47. The first-order valence-electron chi connectivity index (χ1n) is 4.82. The number of nitrogens with zero attached hydrogens (tertiary/aromatic N) is 1. The molecule has 0 heterocycles. The van der Waals surface area contributed by atoms with Crippen LogP contribution >= 0.6 is 0 Å². The molecule has 0 aromatic rings. The van der Waals surface area contributed by atoms with Gasteiger partial charge in [-0.05, 0) is 26.4 Å². The summed E-state index contributed by atoms with van der Waals surface area (Å²) in [6.45, 7) is -0.212. The van der Waals surface area contributed by atoms with Gasteiger partial charge in [-0.15, -0.1) is 0 Å². The highest BCUT2D eigenvalue weighted by Gasteiger charge is 2.28. The van der Waals surface area contributed by atoms with Gasteiger partial charge in [0, 0.05) is 6.61 Å². The van der Waals surface area contributed by atoms with Crippen LogP contribution < -0.4 is 0 Å². The number of unbranched alkanes of at least 4 members (excludes halogenated alkanes) is 3. The third-order valence-corrected chi connectivity index (χ3v) is 1.90. The lowest BCUT2D eigenvalue weighted by atomic mass is 10.2. The van der Waals surface area contributed by atoms with Crippen molar-refractivity contribution in [2.24, 2.45) is 0 Å². The third kappa shape index (κ3) is 9.80. The molecule has 0 saturated carbocycles. The van der Waals surface area contributed by atoms with Crippen LogP contribution in [0.1, 0.15) is 25.7 Å². The third-order valence-electron chi connectivity index (χ3n) is 1.90. The lowest BCUT2D eigenvalue weighted by Gasteiger charge is -2.18. The summed E-state index contributed by atoms with van der Waals surface area (Å²) in [6.07, 6.45) is -0.839. The molecule has 0 atom stereocenters. The molecule has 0 spiro atoms. The number of aliphatic hydroxyl groups is 1. The van der Waals surface area contributed by atoms with Crippen LogP contribution in [0.25, 0.3) is 0 Å². The van der Waals surface area contributed by atoms with Gasteiger partial charge >= 0.3 is 6.18 Å². The van der Waals surface area contributed by atoms with Gasteiger partial charge in [0.1, 0.15) is 0 Å². The van der Waals surface area contributed by atoms with E-state index in [9.17, 15) is 13.2 Å². The van der Waals surface area contributed by atoms with Gasteiger partial charge in [-0.25, -0.2) is 0 Å². The van der Waals surface area contributed by atoms with Crippen molar-refractivity contribution < 1.29 is 18.3 Å². The van der Waals surface area contributed by atoms with Gasteiger partial charge in [0.2, 0.25) is 0 Å². The van der Waals surface area contributed by atoms with E-state index in [1.807, 2.05) is 0 Å². The molecule has 1 N–H and O–H groups in total. The van der Waals surface area contributed by atoms with E-state index in [0.717, 1.165) is 25.7 Å². The number of halogens is 3. The highest BCUT2D eigenvalue weighted by molar-refractivity contribution is 4.58. The van der Waals surface area contributed by atoms with E-state index in [1.165, 1.54) is 11.9 Å². The Hall–Kier alpha value is -0.290. The molecule has 0 fully saturated rings. The summed E-state index contributed by atoms with van der Waals surface area (Å²) in [4.78, 5) is 1.28. The van der Waals surface area contributed by atoms with Crippen LogP contribution in [0.4, 0.5) is 13.2 Å². The number of alkyl halides is 3. The van der Waals surface area contributed by atoms with Gasteiger partial charge in [-0.1, -0.05) is 12.8 Å². The van der Waals surface area contributed by atoms with Gasteiger partial charge in [-0.2, -0.15) is 13.2 Å². The fourth-order valence-electron chi connectivity index (χ4n) is 1.23. The van der Waals surface area contributed by atoms with Crippen LogP contribution in [0.5, 0.6) is 0 Å². The zero-order valence-electron chi connectivity index (χ0n) is 8.48. The second-order valence-corrected chi connectivity index (χ2v) is 3.49. The van der Waals surface area contributed by atoms with Crippen molar-refractivity contribution in [2.75, 3.05) is 26.7 Å². The zero-order valence-corrected chi connectivity index (χ0v) is 8.48.